The van der Waals surface area contributed by atoms with Crippen molar-refractivity contribution in [2.75, 3.05) is 0 Å². The van der Waals surface area contributed by atoms with Crippen LogP contribution in [0.1, 0.15) is 93.3 Å². The highest BCUT2D eigenvalue weighted by atomic mass is 32.1. The van der Waals surface area contributed by atoms with Crippen molar-refractivity contribution in [3.05, 3.63) is 105 Å². The van der Waals surface area contributed by atoms with Crippen LogP contribution >= 0.6 is 11.3 Å². The lowest BCUT2D eigenvalue weighted by Crippen LogP contribution is -2.44. The second-order valence-corrected chi connectivity index (χ2v) is 15.3. The molecule has 0 spiro atoms. The fourth-order valence-electron chi connectivity index (χ4n) is 6.87. The molecule has 2 aliphatic rings. The zero-order chi connectivity index (χ0) is 38.1. The van der Waals surface area contributed by atoms with E-state index in [4.69, 9.17) is 13.5 Å². The summed E-state index contributed by atoms with van der Waals surface area (Å²) in [6.07, 6.45) is 2.88. The summed E-state index contributed by atoms with van der Waals surface area (Å²) in [6.45, 7) is 1.67. The van der Waals surface area contributed by atoms with Crippen LogP contribution in [-0.2, 0) is 19.3 Å². The molecule has 15 nitrogen and oxygen atoms in total. The molecule has 0 radical (unpaired) electrons. The first-order chi connectivity index (χ1) is 26.6. The molecule has 17 heteroatoms. The van der Waals surface area contributed by atoms with Crippen LogP contribution in [0.15, 0.2) is 74.1 Å². The van der Waals surface area contributed by atoms with Gasteiger partial charge in [0.1, 0.15) is 39.4 Å². The Kier molecular flexibility index (Phi) is 10.3. The number of rotatable bonds is 14. The summed E-state index contributed by atoms with van der Waals surface area (Å²) in [5.41, 5.74) is 3.09. The maximum absolute atomic E-state index is 13.2. The van der Waals surface area contributed by atoms with Crippen molar-refractivity contribution in [3.8, 4) is 22.5 Å². The Morgan fingerprint density at radius 3 is 2.09 bits per heavy atom. The van der Waals surface area contributed by atoms with Gasteiger partial charge in [0, 0.05) is 54.6 Å². The lowest BCUT2D eigenvalue weighted by atomic mass is 9.78. The van der Waals surface area contributed by atoms with Crippen molar-refractivity contribution in [3.63, 3.8) is 0 Å². The molecule has 0 bridgehead atoms. The van der Waals surface area contributed by atoms with E-state index in [1.54, 1.807) is 25.1 Å². The number of aromatic nitrogens is 6. The van der Waals surface area contributed by atoms with Gasteiger partial charge in [0.05, 0.1) is 0 Å². The first-order valence-electron chi connectivity index (χ1n) is 18.0. The molecule has 4 N–H and O–H groups in total. The number of carbonyl (C=O) groups excluding carboxylic acids is 2. The Morgan fingerprint density at radius 1 is 0.818 bits per heavy atom. The second-order valence-electron chi connectivity index (χ2n) is 14.2. The van der Waals surface area contributed by atoms with Crippen molar-refractivity contribution < 1.29 is 37.7 Å². The van der Waals surface area contributed by atoms with Crippen LogP contribution in [0.2, 0.25) is 0 Å². The van der Waals surface area contributed by atoms with E-state index in [1.165, 1.54) is 29.5 Å². The minimum atomic E-state index is -1.04. The number of hydrogen-bond donors (Lipinski definition) is 4. The van der Waals surface area contributed by atoms with Crippen LogP contribution in [0.4, 0.5) is 4.39 Å². The van der Waals surface area contributed by atoms with Crippen LogP contribution in [0, 0.1) is 17.7 Å². The van der Waals surface area contributed by atoms with Gasteiger partial charge < -0.3 is 34.3 Å². The van der Waals surface area contributed by atoms with Gasteiger partial charge in [-0.2, -0.15) is 0 Å². The van der Waals surface area contributed by atoms with E-state index in [9.17, 15) is 24.2 Å². The average molecular weight is 769 g/mol. The van der Waals surface area contributed by atoms with Crippen LogP contribution in [0.5, 0.6) is 0 Å². The van der Waals surface area contributed by atoms with Gasteiger partial charge in [0.25, 0.3) is 11.8 Å². The van der Waals surface area contributed by atoms with E-state index >= 15 is 0 Å². The summed E-state index contributed by atoms with van der Waals surface area (Å²) < 4.78 is 29.6. The van der Waals surface area contributed by atoms with Gasteiger partial charge in [0.2, 0.25) is 23.3 Å². The largest absolute Gasteiger partial charge is 0.422 e. The molecule has 6 aromatic rings. The lowest BCUT2D eigenvalue weighted by molar-refractivity contribution is 0.0842. The predicted octanol–water partition coefficient (Wildman–Crippen LogP) is 5.20. The van der Waals surface area contributed by atoms with Gasteiger partial charge in [-0.3, -0.25) is 9.59 Å². The van der Waals surface area contributed by atoms with Crippen LogP contribution in [-0.4, -0.2) is 64.8 Å². The minimum absolute atomic E-state index is 0.0280. The van der Waals surface area contributed by atoms with Gasteiger partial charge in [-0.1, -0.05) is 39.8 Å². The van der Waals surface area contributed by atoms with E-state index in [2.05, 4.69) is 41.3 Å². The van der Waals surface area contributed by atoms with E-state index in [0.717, 1.165) is 35.4 Å². The highest BCUT2D eigenvalue weighted by Gasteiger charge is 2.34. The molecule has 0 saturated heterocycles. The maximum atomic E-state index is 13.2. The molecule has 55 heavy (non-hydrogen) atoms. The minimum Gasteiger partial charge on any atom is -0.422 e. The monoisotopic (exact) mass is 768 g/mol. The molecular weight excluding hydrogens is 732 g/mol. The number of amides is 2. The topological polar surface area (TPSA) is 215 Å². The zero-order valence-electron chi connectivity index (χ0n) is 29.6. The molecular formula is C38H37FN8O7S. The Morgan fingerprint density at radius 2 is 1.45 bits per heavy atom. The Balaban J connectivity index is 0.774. The fraction of sp³-hybridized carbons (Fsp3) is 0.368. The Hall–Kier alpha value is -5.65. The first-order valence-corrected chi connectivity index (χ1v) is 18.8. The lowest BCUT2D eigenvalue weighted by Gasteiger charge is -2.35. The summed E-state index contributed by atoms with van der Waals surface area (Å²) in [4.78, 5) is 25.6. The molecule has 8 rings (SSSR count). The smallest absolute Gasteiger partial charge is 0.290 e. The zero-order valence-corrected chi connectivity index (χ0v) is 30.4. The quantitative estimate of drug-likeness (QED) is 0.112. The van der Waals surface area contributed by atoms with E-state index in [-0.39, 0.29) is 59.5 Å². The number of halogens is 1. The summed E-state index contributed by atoms with van der Waals surface area (Å²) in [5, 5.41) is 52.4. The summed E-state index contributed by atoms with van der Waals surface area (Å²) >= 11 is 1.41. The van der Waals surface area contributed by atoms with Crippen LogP contribution in [0.25, 0.3) is 22.5 Å². The van der Waals surface area contributed by atoms with Crippen molar-refractivity contribution >= 4 is 23.2 Å². The van der Waals surface area contributed by atoms with Crippen molar-refractivity contribution in [1.29, 1.82) is 0 Å². The molecule has 0 aliphatic heterocycles. The SMILES string of the molecule is C[C@@H](O)c1nnc(CC2CC(NC(=O)c3cc(-c4cccc(C[C@@H](O)c5nnc(CC6CC(NC(=O)c7cc(-c8ccc(F)cc8)no7)C6)o5)c4)no3)C2)s1. The van der Waals surface area contributed by atoms with Crippen molar-refractivity contribution in [2.24, 2.45) is 11.8 Å². The number of nitrogens with one attached hydrogen (secondary N) is 2. The van der Waals surface area contributed by atoms with Crippen molar-refractivity contribution in [2.45, 2.75) is 76.2 Å². The normalized spacial score (nSPS) is 20.3. The molecule has 4 aromatic heterocycles. The Bertz CT molecular complexity index is 2270. The fourth-order valence-corrected chi connectivity index (χ4v) is 7.77. The number of hydrogen-bond acceptors (Lipinski definition) is 14. The van der Waals surface area contributed by atoms with E-state index in [1.807, 2.05) is 24.3 Å². The highest BCUT2D eigenvalue weighted by Crippen LogP contribution is 2.34. The number of carbonyl (C=O) groups is 2. The number of nitrogens with zero attached hydrogens (tertiary/aromatic N) is 6. The number of benzene rings is 2. The average Bonchev–Trinajstić information content (AvgIpc) is 3.98. The second kappa shape index (κ2) is 15.6. The molecule has 284 valence electrons. The summed E-state index contributed by atoms with van der Waals surface area (Å²) in [5.74, 6) is 0.238. The molecule has 2 fully saturated rings. The van der Waals surface area contributed by atoms with Gasteiger partial charge in [-0.15, -0.1) is 20.4 Å². The van der Waals surface area contributed by atoms with Crippen LogP contribution < -0.4 is 10.6 Å². The maximum Gasteiger partial charge on any atom is 0.290 e. The van der Waals surface area contributed by atoms with Gasteiger partial charge >= 0.3 is 0 Å². The number of aliphatic hydroxyl groups excluding tert-OH is 2. The predicted molar refractivity (Wildman–Crippen MR) is 193 cm³/mol. The highest BCUT2D eigenvalue weighted by molar-refractivity contribution is 7.11. The van der Waals surface area contributed by atoms with Crippen molar-refractivity contribution in [1.82, 2.24) is 41.3 Å². The number of aliphatic hydroxyl groups is 2. The molecule has 2 amide bonds. The first kappa shape index (κ1) is 36.3. The van der Waals surface area contributed by atoms with E-state index in [0.29, 0.717) is 53.0 Å². The third-order valence-electron chi connectivity index (χ3n) is 9.94. The van der Waals surface area contributed by atoms with Gasteiger partial charge in [-0.25, -0.2) is 4.39 Å². The van der Waals surface area contributed by atoms with Gasteiger partial charge in [0.15, 0.2) is 0 Å². The van der Waals surface area contributed by atoms with Crippen LogP contribution in [0.3, 0.4) is 0 Å². The molecule has 2 saturated carbocycles. The third-order valence-corrected chi connectivity index (χ3v) is 11.1. The molecule has 2 aliphatic carbocycles. The van der Waals surface area contributed by atoms with E-state index < -0.39 is 12.2 Å². The standard InChI is InChI=1S/C38H37FN8O7S/c1-19(48)38-45-43-34(55-38)16-22-12-27(13-22)41-36(51)32-18-29(47-54-32)24-4-2-3-20(9-24)14-30(49)37-44-42-33(52-37)15-21-10-26(11-21)40-35(50)31-17-28(46-53-31)23-5-7-25(39)8-6-23/h2-9,17-19,21-22,26-27,30,48-49H,10-16H2,1H3,(H,40,50)(H,41,51)/t19-,21?,22?,26?,27?,30-/m1/s1. The summed E-state index contributed by atoms with van der Waals surface area (Å²) in [6, 6.07) is 16.3. The Labute approximate surface area is 317 Å². The summed E-state index contributed by atoms with van der Waals surface area (Å²) in [7, 11) is 0. The van der Waals surface area contributed by atoms with Gasteiger partial charge in [-0.05, 0) is 80.3 Å². The molecule has 2 aromatic carbocycles. The third kappa shape index (κ3) is 8.53. The molecule has 4 heterocycles. The molecule has 0 unspecified atom stereocenters. The molecule has 2 atom stereocenters.